The molecular weight excluding hydrogens is 108 g/mol. The van der Waals surface area contributed by atoms with Gasteiger partial charge in [0, 0.05) is 0 Å². The van der Waals surface area contributed by atoms with Crippen molar-refractivity contribution in [3.8, 4) is 0 Å². The van der Waals surface area contributed by atoms with Crippen molar-refractivity contribution < 1.29 is 0 Å². The Morgan fingerprint density at radius 3 is 2.56 bits per heavy atom. The molecule has 0 amide bonds. The van der Waals surface area contributed by atoms with E-state index in [1.807, 2.05) is 0 Å². The lowest BCUT2D eigenvalue weighted by Crippen LogP contribution is -1.99. The standard InChI is InChI=1S/C8H14.CH4/c1-2-8-6-4-3-5-7-8;/h3-4,8H,2,5-7H2,1H3;1H4. The summed E-state index contributed by atoms with van der Waals surface area (Å²) in [6.45, 7) is 2.28. The van der Waals surface area contributed by atoms with Crippen molar-refractivity contribution in [1.82, 2.24) is 0 Å². The molecule has 0 heterocycles. The van der Waals surface area contributed by atoms with Gasteiger partial charge in [0.15, 0.2) is 0 Å². The van der Waals surface area contributed by atoms with Crippen LogP contribution in [0.1, 0.15) is 40.0 Å². The summed E-state index contributed by atoms with van der Waals surface area (Å²) >= 11 is 0. The second-order valence-corrected chi connectivity index (χ2v) is 2.56. The molecule has 0 fully saturated rings. The Labute approximate surface area is 59.0 Å². The van der Waals surface area contributed by atoms with Gasteiger partial charge in [-0.3, -0.25) is 0 Å². The van der Waals surface area contributed by atoms with E-state index in [-0.39, 0.29) is 7.43 Å². The highest BCUT2D eigenvalue weighted by Crippen LogP contribution is 2.20. The van der Waals surface area contributed by atoms with Gasteiger partial charge in [0.05, 0.1) is 0 Å². The highest BCUT2D eigenvalue weighted by Gasteiger charge is 2.04. The van der Waals surface area contributed by atoms with Crippen molar-refractivity contribution in [1.29, 1.82) is 0 Å². The minimum Gasteiger partial charge on any atom is -0.0885 e. The highest BCUT2D eigenvalue weighted by molar-refractivity contribution is 4.89. The molecule has 0 bridgehead atoms. The summed E-state index contributed by atoms with van der Waals surface area (Å²) in [5.41, 5.74) is 0. The van der Waals surface area contributed by atoms with Gasteiger partial charge in [-0.2, -0.15) is 0 Å². The van der Waals surface area contributed by atoms with E-state index in [1.54, 1.807) is 0 Å². The maximum Gasteiger partial charge on any atom is -0.0322 e. The van der Waals surface area contributed by atoms with Crippen molar-refractivity contribution in [2.24, 2.45) is 5.92 Å². The van der Waals surface area contributed by atoms with E-state index in [1.165, 1.54) is 25.7 Å². The van der Waals surface area contributed by atoms with Crippen LogP contribution in [0.25, 0.3) is 0 Å². The fourth-order valence-electron chi connectivity index (χ4n) is 1.23. The van der Waals surface area contributed by atoms with Crippen LogP contribution in [0.3, 0.4) is 0 Å². The second kappa shape index (κ2) is 4.60. The zero-order valence-corrected chi connectivity index (χ0v) is 5.56. The number of allylic oxidation sites excluding steroid dienone is 2. The molecule has 0 spiro atoms. The van der Waals surface area contributed by atoms with Crippen LogP contribution in [0.15, 0.2) is 12.2 Å². The van der Waals surface area contributed by atoms with Gasteiger partial charge in [-0.25, -0.2) is 0 Å². The first kappa shape index (κ1) is 8.74. The van der Waals surface area contributed by atoms with Crippen LogP contribution in [0.4, 0.5) is 0 Å². The largest absolute Gasteiger partial charge is 0.0885 e. The van der Waals surface area contributed by atoms with Gasteiger partial charge in [0.25, 0.3) is 0 Å². The van der Waals surface area contributed by atoms with E-state index in [9.17, 15) is 0 Å². The maximum absolute atomic E-state index is 2.32. The van der Waals surface area contributed by atoms with Crippen molar-refractivity contribution >= 4 is 0 Å². The monoisotopic (exact) mass is 126 g/mol. The Balaban J connectivity index is 0.000000640. The summed E-state index contributed by atoms with van der Waals surface area (Å²) in [6.07, 6.45) is 10.1. The summed E-state index contributed by atoms with van der Waals surface area (Å²) in [4.78, 5) is 0. The fraction of sp³-hybridized carbons (Fsp3) is 0.778. The normalized spacial score (nSPS) is 25.2. The molecule has 0 N–H and O–H groups in total. The fourth-order valence-corrected chi connectivity index (χ4v) is 1.23. The van der Waals surface area contributed by atoms with Gasteiger partial charge in [0.1, 0.15) is 0 Å². The van der Waals surface area contributed by atoms with Crippen LogP contribution in [-0.2, 0) is 0 Å². The lowest BCUT2D eigenvalue weighted by Gasteiger charge is -2.13. The van der Waals surface area contributed by atoms with Crippen LogP contribution < -0.4 is 0 Å². The third kappa shape index (κ3) is 2.69. The summed E-state index contributed by atoms with van der Waals surface area (Å²) in [5, 5.41) is 0. The van der Waals surface area contributed by atoms with Crippen LogP contribution in [0.2, 0.25) is 0 Å². The molecule has 0 aromatic rings. The second-order valence-electron chi connectivity index (χ2n) is 2.56. The van der Waals surface area contributed by atoms with Gasteiger partial charge in [-0.1, -0.05) is 32.9 Å². The number of hydrogen-bond acceptors (Lipinski definition) is 0. The first-order chi connectivity index (χ1) is 3.93. The van der Waals surface area contributed by atoms with Gasteiger partial charge in [0.2, 0.25) is 0 Å². The third-order valence-corrected chi connectivity index (χ3v) is 1.96. The predicted molar refractivity (Wildman–Crippen MR) is 43.5 cm³/mol. The Bertz CT molecular complexity index is 82.0. The zero-order chi connectivity index (χ0) is 5.82. The molecule has 1 unspecified atom stereocenters. The molecule has 1 aliphatic rings. The van der Waals surface area contributed by atoms with E-state index >= 15 is 0 Å². The molecule has 0 saturated heterocycles. The van der Waals surface area contributed by atoms with E-state index in [0.717, 1.165) is 5.92 Å². The topological polar surface area (TPSA) is 0 Å². The molecular formula is C9H18. The Morgan fingerprint density at radius 1 is 1.44 bits per heavy atom. The number of rotatable bonds is 1. The van der Waals surface area contributed by atoms with Gasteiger partial charge in [-0.05, 0) is 25.2 Å². The minimum atomic E-state index is 0. The molecule has 0 nitrogen and oxygen atoms in total. The first-order valence-corrected chi connectivity index (χ1v) is 3.58. The maximum atomic E-state index is 2.32. The van der Waals surface area contributed by atoms with E-state index in [0.29, 0.717) is 0 Å². The summed E-state index contributed by atoms with van der Waals surface area (Å²) in [7, 11) is 0. The summed E-state index contributed by atoms with van der Waals surface area (Å²) < 4.78 is 0. The average Bonchev–Trinajstić information content (AvgIpc) is 1.90. The van der Waals surface area contributed by atoms with E-state index < -0.39 is 0 Å². The van der Waals surface area contributed by atoms with Gasteiger partial charge in [-0.15, -0.1) is 0 Å². The van der Waals surface area contributed by atoms with Crippen LogP contribution in [-0.4, -0.2) is 0 Å². The predicted octanol–water partition coefficient (Wildman–Crippen LogP) is 3.39. The quantitative estimate of drug-likeness (QED) is 0.472. The van der Waals surface area contributed by atoms with Crippen molar-refractivity contribution in [2.75, 3.05) is 0 Å². The SMILES string of the molecule is C.CCC1CC=CCC1. The molecule has 1 aliphatic carbocycles. The average molecular weight is 126 g/mol. The summed E-state index contributed by atoms with van der Waals surface area (Å²) in [5.74, 6) is 1.000. The molecule has 0 saturated carbocycles. The molecule has 54 valence electrons. The molecule has 0 aliphatic heterocycles. The smallest absolute Gasteiger partial charge is 0.0322 e. The lowest BCUT2D eigenvalue weighted by atomic mass is 9.92. The Hall–Kier alpha value is -0.260. The third-order valence-electron chi connectivity index (χ3n) is 1.96. The van der Waals surface area contributed by atoms with E-state index in [2.05, 4.69) is 19.1 Å². The van der Waals surface area contributed by atoms with Gasteiger partial charge < -0.3 is 0 Å². The molecule has 0 aromatic heterocycles. The molecule has 0 radical (unpaired) electrons. The minimum absolute atomic E-state index is 0. The van der Waals surface area contributed by atoms with E-state index in [4.69, 9.17) is 0 Å². The Morgan fingerprint density at radius 2 is 2.22 bits per heavy atom. The zero-order valence-electron chi connectivity index (χ0n) is 5.56. The van der Waals surface area contributed by atoms with Crippen LogP contribution in [0, 0.1) is 5.92 Å². The first-order valence-electron chi connectivity index (χ1n) is 3.58. The number of hydrogen-bond donors (Lipinski definition) is 0. The summed E-state index contributed by atoms with van der Waals surface area (Å²) in [6, 6.07) is 0. The highest BCUT2D eigenvalue weighted by atomic mass is 14.1. The van der Waals surface area contributed by atoms with Crippen molar-refractivity contribution in [2.45, 2.75) is 40.0 Å². The Kier molecular flexibility index (Phi) is 4.47. The van der Waals surface area contributed by atoms with Gasteiger partial charge >= 0.3 is 0 Å². The van der Waals surface area contributed by atoms with Crippen molar-refractivity contribution in [3.63, 3.8) is 0 Å². The molecule has 1 rings (SSSR count). The lowest BCUT2D eigenvalue weighted by molar-refractivity contribution is 0.465. The van der Waals surface area contributed by atoms with Crippen LogP contribution in [0.5, 0.6) is 0 Å². The van der Waals surface area contributed by atoms with Crippen molar-refractivity contribution in [3.05, 3.63) is 12.2 Å². The molecule has 9 heavy (non-hydrogen) atoms. The van der Waals surface area contributed by atoms with Crippen LogP contribution >= 0.6 is 0 Å². The molecule has 0 aromatic carbocycles. The molecule has 1 atom stereocenters. The molecule has 0 heteroatoms.